The molecule has 1 aromatic carbocycles. The van der Waals surface area contributed by atoms with Gasteiger partial charge in [-0.2, -0.15) is 0 Å². The molecule has 4 nitrogen and oxygen atoms in total. The fourth-order valence-corrected chi connectivity index (χ4v) is 3.92. The van der Waals surface area contributed by atoms with Crippen molar-refractivity contribution in [3.8, 4) is 0 Å². The van der Waals surface area contributed by atoms with Gasteiger partial charge in [0.05, 0.1) is 12.0 Å². The molecule has 3 rings (SSSR count). The van der Waals surface area contributed by atoms with Crippen molar-refractivity contribution >= 4 is 11.8 Å². The van der Waals surface area contributed by atoms with Gasteiger partial charge in [0.25, 0.3) is 0 Å². The lowest BCUT2D eigenvalue weighted by atomic mass is 9.87. The van der Waals surface area contributed by atoms with Gasteiger partial charge < -0.3 is 10.2 Å². The summed E-state index contributed by atoms with van der Waals surface area (Å²) in [5.41, 5.74) is 1.12. The summed E-state index contributed by atoms with van der Waals surface area (Å²) in [6.07, 6.45) is 4.85. The van der Waals surface area contributed by atoms with E-state index in [1.165, 1.54) is 12.8 Å². The Labute approximate surface area is 144 Å². The van der Waals surface area contributed by atoms with Crippen molar-refractivity contribution in [2.75, 3.05) is 6.54 Å². The summed E-state index contributed by atoms with van der Waals surface area (Å²) in [7, 11) is 0. The topological polar surface area (TPSA) is 49.4 Å². The van der Waals surface area contributed by atoms with Crippen LogP contribution in [-0.4, -0.2) is 29.3 Å². The van der Waals surface area contributed by atoms with Gasteiger partial charge in [-0.25, -0.2) is 0 Å². The highest BCUT2D eigenvalue weighted by Gasteiger charge is 2.37. The van der Waals surface area contributed by atoms with E-state index in [0.29, 0.717) is 19.0 Å². The minimum Gasteiger partial charge on any atom is -0.353 e. The first-order valence-corrected chi connectivity index (χ1v) is 9.19. The van der Waals surface area contributed by atoms with Crippen LogP contribution in [0.3, 0.4) is 0 Å². The van der Waals surface area contributed by atoms with Gasteiger partial charge in [-0.05, 0) is 44.1 Å². The largest absolute Gasteiger partial charge is 0.353 e. The fourth-order valence-electron chi connectivity index (χ4n) is 3.92. The van der Waals surface area contributed by atoms with E-state index < -0.39 is 0 Å². The number of nitrogens with one attached hydrogen (secondary N) is 1. The lowest BCUT2D eigenvalue weighted by Gasteiger charge is -2.28. The number of carbonyl (C=O) groups is 2. The SMILES string of the molecule is CC1CCC(NC(=O)C2CC(=O)N(C(C)c3ccccc3)C2)CC1. The van der Waals surface area contributed by atoms with Crippen molar-refractivity contribution in [3.63, 3.8) is 0 Å². The molecule has 24 heavy (non-hydrogen) atoms. The van der Waals surface area contributed by atoms with Crippen LogP contribution in [0.4, 0.5) is 0 Å². The van der Waals surface area contributed by atoms with E-state index >= 15 is 0 Å². The molecule has 0 bridgehead atoms. The quantitative estimate of drug-likeness (QED) is 0.922. The molecule has 130 valence electrons. The predicted octanol–water partition coefficient (Wildman–Crippen LogP) is 3.29. The molecule has 1 aromatic rings. The third kappa shape index (κ3) is 3.80. The summed E-state index contributed by atoms with van der Waals surface area (Å²) < 4.78 is 0. The second-order valence-corrected chi connectivity index (χ2v) is 7.50. The lowest BCUT2D eigenvalue weighted by Crippen LogP contribution is -2.41. The van der Waals surface area contributed by atoms with Crippen LogP contribution in [0, 0.1) is 11.8 Å². The molecule has 4 heteroatoms. The maximum absolute atomic E-state index is 12.6. The highest BCUT2D eigenvalue weighted by molar-refractivity contribution is 5.89. The van der Waals surface area contributed by atoms with Crippen molar-refractivity contribution in [2.45, 2.75) is 58.0 Å². The van der Waals surface area contributed by atoms with E-state index in [1.807, 2.05) is 42.2 Å². The third-order valence-electron chi connectivity index (χ3n) is 5.64. The number of nitrogens with zero attached hydrogens (tertiary/aromatic N) is 1. The van der Waals surface area contributed by atoms with Crippen molar-refractivity contribution < 1.29 is 9.59 Å². The maximum Gasteiger partial charge on any atom is 0.225 e. The Morgan fingerprint density at radius 2 is 1.83 bits per heavy atom. The first-order chi connectivity index (χ1) is 11.5. The van der Waals surface area contributed by atoms with E-state index in [4.69, 9.17) is 0 Å². The highest BCUT2D eigenvalue weighted by atomic mass is 16.2. The van der Waals surface area contributed by atoms with Gasteiger partial charge in [0.2, 0.25) is 11.8 Å². The summed E-state index contributed by atoms with van der Waals surface area (Å²) in [5.74, 6) is 0.714. The number of hydrogen-bond donors (Lipinski definition) is 1. The number of benzene rings is 1. The number of carbonyl (C=O) groups excluding carboxylic acids is 2. The van der Waals surface area contributed by atoms with Gasteiger partial charge in [-0.15, -0.1) is 0 Å². The van der Waals surface area contributed by atoms with Crippen molar-refractivity contribution in [1.82, 2.24) is 10.2 Å². The fraction of sp³-hybridized carbons (Fsp3) is 0.600. The molecule has 2 amide bonds. The van der Waals surface area contributed by atoms with E-state index in [-0.39, 0.29) is 23.8 Å². The molecule has 0 aromatic heterocycles. The lowest BCUT2D eigenvalue weighted by molar-refractivity contribution is -0.130. The van der Waals surface area contributed by atoms with Crippen molar-refractivity contribution in [3.05, 3.63) is 35.9 Å². The number of hydrogen-bond acceptors (Lipinski definition) is 2. The molecule has 2 atom stereocenters. The molecule has 1 aliphatic heterocycles. The molecule has 0 spiro atoms. The Bertz CT molecular complexity index is 579. The molecular formula is C20H28N2O2. The zero-order valence-corrected chi connectivity index (χ0v) is 14.7. The normalized spacial score (nSPS) is 28.7. The van der Waals surface area contributed by atoms with Crippen LogP contribution in [-0.2, 0) is 9.59 Å². The van der Waals surface area contributed by atoms with Gasteiger partial charge in [0.15, 0.2) is 0 Å². The highest BCUT2D eigenvalue weighted by Crippen LogP contribution is 2.29. The Morgan fingerprint density at radius 1 is 1.17 bits per heavy atom. The average molecular weight is 328 g/mol. The molecule has 1 saturated carbocycles. The van der Waals surface area contributed by atoms with Crippen molar-refractivity contribution in [2.24, 2.45) is 11.8 Å². The molecule has 2 fully saturated rings. The Morgan fingerprint density at radius 3 is 2.50 bits per heavy atom. The Hall–Kier alpha value is -1.84. The second kappa shape index (κ2) is 7.37. The Balaban J connectivity index is 1.57. The monoisotopic (exact) mass is 328 g/mol. The summed E-state index contributed by atoms with van der Waals surface area (Å²) in [6.45, 7) is 4.84. The van der Waals surface area contributed by atoms with Crippen LogP contribution >= 0.6 is 0 Å². The summed E-state index contributed by atoms with van der Waals surface area (Å²) in [4.78, 5) is 26.8. The number of rotatable bonds is 4. The minimum absolute atomic E-state index is 0.0204. The van der Waals surface area contributed by atoms with Gasteiger partial charge in [-0.3, -0.25) is 9.59 Å². The van der Waals surface area contributed by atoms with Gasteiger partial charge in [-0.1, -0.05) is 37.3 Å². The van der Waals surface area contributed by atoms with Crippen LogP contribution in [0.2, 0.25) is 0 Å². The van der Waals surface area contributed by atoms with Crippen LogP contribution < -0.4 is 5.32 Å². The molecule has 1 N–H and O–H groups in total. The van der Waals surface area contributed by atoms with Crippen molar-refractivity contribution in [1.29, 1.82) is 0 Å². The zero-order valence-electron chi connectivity index (χ0n) is 14.7. The zero-order chi connectivity index (χ0) is 17.1. The van der Waals surface area contributed by atoms with Gasteiger partial charge in [0, 0.05) is 19.0 Å². The van der Waals surface area contributed by atoms with Gasteiger partial charge in [0.1, 0.15) is 0 Å². The maximum atomic E-state index is 12.6. The third-order valence-corrected chi connectivity index (χ3v) is 5.64. The smallest absolute Gasteiger partial charge is 0.225 e. The molecule has 1 saturated heterocycles. The van der Waals surface area contributed by atoms with Crippen LogP contribution in [0.5, 0.6) is 0 Å². The standard InChI is InChI=1S/C20H28N2O2/c1-14-8-10-18(11-9-14)21-20(24)17-12-19(23)22(13-17)15(2)16-6-4-3-5-7-16/h3-7,14-15,17-18H,8-13H2,1-2H3,(H,21,24). The molecular weight excluding hydrogens is 300 g/mol. The summed E-state index contributed by atoms with van der Waals surface area (Å²) >= 11 is 0. The predicted molar refractivity (Wildman–Crippen MR) is 94.2 cm³/mol. The molecule has 0 radical (unpaired) electrons. The average Bonchev–Trinajstić information content (AvgIpc) is 2.99. The van der Waals surface area contributed by atoms with Crippen LogP contribution in [0.25, 0.3) is 0 Å². The van der Waals surface area contributed by atoms with Gasteiger partial charge >= 0.3 is 0 Å². The molecule has 1 aliphatic carbocycles. The second-order valence-electron chi connectivity index (χ2n) is 7.50. The molecule has 2 aliphatic rings. The van der Waals surface area contributed by atoms with Crippen LogP contribution in [0.1, 0.15) is 57.6 Å². The van der Waals surface area contributed by atoms with E-state index in [1.54, 1.807) is 0 Å². The van der Waals surface area contributed by atoms with Crippen LogP contribution in [0.15, 0.2) is 30.3 Å². The summed E-state index contributed by atoms with van der Waals surface area (Å²) in [5, 5.41) is 3.18. The number of likely N-dealkylation sites (tertiary alicyclic amines) is 1. The van der Waals surface area contributed by atoms with E-state index in [9.17, 15) is 9.59 Å². The molecule has 1 heterocycles. The molecule has 2 unspecified atom stereocenters. The van der Waals surface area contributed by atoms with E-state index in [0.717, 1.165) is 24.3 Å². The minimum atomic E-state index is -0.206. The number of amides is 2. The Kier molecular flexibility index (Phi) is 5.22. The first-order valence-electron chi connectivity index (χ1n) is 9.19. The summed E-state index contributed by atoms with van der Waals surface area (Å²) in [6, 6.07) is 10.3. The van der Waals surface area contributed by atoms with E-state index in [2.05, 4.69) is 12.2 Å². The first kappa shape index (κ1) is 17.0.